The minimum Gasteiger partial charge on any atom is -0.392 e. The summed E-state index contributed by atoms with van der Waals surface area (Å²) < 4.78 is 0. The molecule has 0 radical (unpaired) electrons. The molecule has 0 aliphatic heterocycles. The van der Waals surface area contributed by atoms with Crippen LogP contribution in [0.15, 0.2) is 11.6 Å². The SMILES string of the molecule is CC1(C)C2CC1C(O)C=C2CO. The zero-order chi connectivity index (χ0) is 8.93. The highest BCUT2D eigenvalue weighted by atomic mass is 16.3. The lowest BCUT2D eigenvalue weighted by molar-refractivity contribution is -0.0802. The number of hydrogen-bond donors (Lipinski definition) is 2. The van der Waals surface area contributed by atoms with Crippen molar-refractivity contribution in [2.75, 3.05) is 6.61 Å². The van der Waals surface area contributed by atoms with Gasteiger partial charge in [0.2, 0.25) is 0 Å². The minimum absolute atomic E-state index is 0.109. The Morgan fingerprint density at radius 2 is 2.25 bits per heavy atom. The van der Waals surface area contributed by atoms with Gasteiger partial charge in [-0.05, 0) is 29.2 Å². The Labute approximate surface area is 72.9 Å². The van der Waals surface area contributed by atoms with Gasteiger partial charge in [0.15, 0.2) is 0 Å². The molecule has 0 saturated heterocycles. The molecule has 3 aliphatic rings. The van der Waals surface area contributed by atoms with Crippen molar-refractivity contribution in [1.82, 2.24) is 0 Å². The Bertz CT molecular complexity index is 230. The molecule has 2 N–H and O–H groups in total. The van der Waals surface area contributed by atoms with Crippen LogP contribution in [0.2, 0.25) is 0 Å². The van der Waals surface area contributed by atoms with Crippen molar-refractivity contribution in [3.05, 3.63) is 11.6 Å². The van der Waals surface area contributed by atoms with Crippen LogP contribution in [-0.2, 0) is 0 Å². The third-order valence-electron chi connectivity index (χ3n) is 3.77. The van der Waals surface area contributed by atoms with Crippen molar-refractivity contribution < 1.29 is 10.2 Å². The lowest BCUT2D eigenvalue weighted by Crippen LogP contribution is -2.54. The first kappa shape index (κ1) is 8.27. The van der Waals surface area contributed by atoms with Crippen LogP contribution in [0.3, 0.4) is 0 Å². The number of aliphatic hydroxyl groups is 2. The highest BCUT2D eigenvalue weighted by Crippen LogP contribution is 2.58. The topological polar surface area (TPSA) is 40.5 Å². The molecule has 68 valence electrons. The van der Waals surface area contributed by atoms with Gasteiger partial charge in [-0.2, -0.15) is 0 Å². The summed E-state index contributed by atoms with van der Waals surface area (Å²) in [7, 11) is 0. The van der Waals surface area contributed by atoms with Gasteiger partial charge < -0.3 is 10.2 Å². The van der Waals surface area contributed by atoms with Gasteiger partial charge in [-0.3, -0.25) is 0 Å². The molecule has 12 heavy (non-hydrogen) atoms. The highest BCUT2D eigenvalue weighted by Gasteiger charge is 2.54. The summed E-state index contributed by atoms with van der Waals surface area (Å²) in [5, 5.41) is 18.7. The van der Waals surface area contributed by atoms with Crippen molar-refractivity contribution in [2.45, 2.75) is 26.4 Å². The average molecular weight is 168 g/mol. The predicted molar refractivity (Wildman–Crippen MR) is 46.6 cm³/mol. The molecule has 3 unspecified atom stereocenters. The van der Waals surface area contributed by atoms with Crippen LogP contribution in [0, 0.1) is 17.3 Å². The normalized spacial score (nSPS) is 43.3. The Morgan fingerprint density at radius 3 is 2.67 bits per heavy atom. The quantitative estimate of drug-likeness (QED) is 0.572. The summed E-state index contributed by atoms with van der Waals surface area (Å²) in [4.78, 5) is 0. The molecule has 0 spiro atoms. The largest absolute Gasteiger partial charge is 0.392 e. The van der Waals surface area contributed by atoms with Gasteiger partial charge in [-0.1, -0.05) is 19.9 Å². The zero-order valence-electron chi connectivity index (χ0n) is 7.62. The lowest BCUT2D eigenvalue weighted by atomic mass is 9.48. The van der Waals surface area contributed by atoms with E-state index in [0.717, 1.165) is 12.0 Å². The molecule has 0 aromatic heterocycles. The van der Waals surface area contributed by atoms with Gasteiger partial charge in [0.25, 0.3) is 0 Å². The van der Waals surface area contributed by atoms with Crippen LogP contribution in [0.1, 0.15) is 20.3 Å². The summed E-state index contributed by atoms with van der Waals surface area (Å²) in [5.74, 6) is 0.925. The highest BCUT2D eigenvalue weighted by molar-refractivity contribution is 5.26. The van der Waals surface area contributed by atoms with E-state index in [-0.39, 0.29) is 18.1 Å². The molecule has 3 aliphatic carbocycles. The second-order valence-electron chi connectivity index (χ2n) is 4.61. The van der Waals surface area contributed by atoms with E-state index in [1.54, 1.807) is 0 Å². The molecule has 0 amide bonds. The summed E-state index contributed by atoms with van der Waals surface area (Å²) in [6.07, 6.45) is 2.57. The van der Waals surface area contributed by atoms with Crippen molar-refractivity contribution in [3.8, 4) is 0 Å². The molecule has 0 aromatic rings. The lowest BCUT2D eigenvalue weighted by Gasteiger charge is -2.57. The van der Waals surface area contributed by atoms with Crippen molar-refractivity contribution >= 4 is 0 Å². The van der Waals surface area contributed by atoms with E-state index in [4.69, 9.17) is 5.11 Å². The third kappa shape index (κ3) is 0.824. The fourth-order valence-corrected chi connectivity index (χ4v) is 2.78. The van der Waals surface area contributed by atoms with Crippen molar-refractivity contribution in [2.24, 2.45) is 17.3 Å². The van der Waals surface area contributed by atoms with E-state index in [1.165, 1.54) is 0 Å². The first-order valence-corrected chi connectivity index (χ1v) is 4.57. The van der Waals surface area contributed by atoms with Gasteiger partial charge in [-0.15, -0.1) is 0 Å². The van der Waals surface area contributed by atoms with Gasteiger partial charge in [0.1, 0.15) is 0 Å². The van der Waals surface area contributed by atoms with Crippen LogP contribution in [0.25, 0.3) is 0 Å². The molecule has 0 heterocycles. The molecule has 3 atom stereocenters. The summed E-state index contributed by atoms with van der Waals surface area (Å²) in [6, 6.07) is 0. The van der Waals surface area contributed by atoms with Crippen LogP contribution >= 0.6 is 0 Å². The fraction of sp³-hybridized carbons (Fsp3) is 0.800. The predicted octanol–water partition coefficient (Wildman–Crippen LogP) is 0.942. The number of rotatable bonds is 1. The van der Waals surface area contributed by atoms with Crippen molar-refractivity contribution in [1.29, 1.82) is 0 Å². The third-order valence-corrected chi connectivity index (χ3v) is 3.77. The van der Waals surface area contributed by atoms with Crippen LogP contribution in [0.4, 0.5) is 0 Å². The van der Waals surface area contributed by atoms with E-state index < -0.39 is 0 Å². The molecular formula is C10H16O2. The summed E-state index contributed by atoms with van der Waals surface area (Å²) in [6.45, 7) is 4.47. The van der Waals surface area contributed by atoms with E-state index in [2.05, 4.69) is 13.8 Å². The summed E-state index contributed by atoms with van der Waals surface area (Å²) >= 11 is 0. The average Bonchev–Trinajstić information content (AvgIpc) is 2.02. The standard InChI is InChI=1S/C10H16O2/c1-10(2)7-4-8(10)9(12)3-6(7)5-11/h3,7-9,11-12H,4-5H2,1-2H3. The maximum Gasteiger partial charge on any atom is 0.0758 e. The number of aliphatic hydroxyl groups excluding tert-OH is 2. The van der Waals surface area contributed by atoms with E-state index in [0.29, 0.717) is 11.8 Å². The van der Waals surface area contributed by atoms with Gasteiger partial charge in [-0.25, -0.2) is 0 Å². The van der Waals surface area contributed by atoms with Crippen molar-refractivity contribution in [3.63, 3.8) is 0 Å². The summed E-state index contributed by atoms with van der Waals surface area (Å²) in [5.41, 5.74) is 1.24. The minimum atomic E-state index is -0.327. The number of hydrogen-bond acceptors (Lipinski definition) is 2. The Hall–Kier alpha value is -0.340. The molecular weight excluding hydrogens is 152 g/mol. The molecule has 0 aromatic carbocycles. The van der Waals surface area contributed by atoms with Gasteiger partial charge >= 0.3 is 0 Å². The van der Waals surface area contributed by atoms with Gasteiger partial charge in [0, 0.05) is 0 Å². The Morgan fingerprint density at radius 1 is 1.58 bits per heavy atom. The zero-order valence-corrected chi connectivity index (χ0v) is 7.62. The second-order valence-corrected chi connectivity index (χ2v) is 4.61. The van der Waals surface area contributed by atoms with E-state index in [1.807, 2.05) is 6.08 Å². The first-order chi connectivity index (χ1) is 5.57. The van der Waals surface area contributed by atoms with Crippen LogP contribution in [-0.4, -0.2) is 22.9 Å². The second kappa shape index (κ2) is 2.33. The Balaban J connectivity index is 2.30. The smallest absolute Gasteiger partial charge is 0.0758 e. The fourth-order valence-electron chi connectivity index (χ4n) is 2.78. The van der Waals surface area contributed by atoms with Crippen LogP contribution in [0.5, 0.6) is 0 Å². The molecule has 2 nitrogen and oxygen atoms in total. The maximum atomic E-state index is 9.67. The van der Waals surface area contributed by atoms with Gasteiger partial charge in [0.05, 0.1) is 12.7 Å². The molecule has 2 bridgehead atoms. The Kier molecular flexibility index (Phi) is 1.61. The van der Waals surface area contributed by atoms with E-state index >= 15 is 0 Å². The van der Waals surface area contributed by atoms with E-state index in [9.17, 15) is 5.11 Å². The molecule has 2 heteroatoms. The molecule has 1 saturated carbocycles. The number of fused-ring (bicyclic) bond motifs is 1. The maximum absolute atomic E-state index is 9.67. The van der Waals surface area contributed by atoms with Crippen LogP contribution < -0.4 is 0 Å². The molecule has 3 rings (SSSR count). The first-order valence-electron chi connectivity index (χ1n) is 4.57. The monoisotopic (exact) mass is 168 g/mol. The molecule has 1 fully saturated rings.